The molecule has 0 saturated carbocycles. The Balaban J connectivity index is 0.000000694. The molecule has 2 aromatic rings. The molecule has 4 fully saturated rings. The number of rotatable bonds is 2. The summed E-state index contributed by atoms with van der Waals surface area (Å²) in [5.74, 6) is 3.75. The molecule has 7 aliphatic heterocycles. The number of hydrogen-bond donors (Lipinski definition) is 1. The molecule has 310 valence electrons. The van der Waals surface area contributed by atoms with Gasteiger partial charge in [0.15, 0.2) is 11.9 Å². The van der Waals surface area contributed by atoms with E-state index in [4.69, 9.17) is 4.01 Å². The van der Waals surface area contributed by atoms with Gasteiger partial charge in [-0.1, -0.05) is 6.42 Å². The van der Waals surface area contributed by atoms with Crippen molar-refractivity contribution >= 4 is 63.7 Å². The van der Waals surface area contributed by atoms with E-state index in [0.717, 1.165) is 32.1 Å². The minimum absolute atomic E-state index is 0. The number of amidine groups is 1. The van der Waals surface area contributed by atoms with E-state index >= 15 is 0 Å². The Morgan fingerprint density at radius 1 is 0.702 bits per heavy atom. The van der Waals surface area contributed by atoms with E-state index in [9.17, 15) is 0 Å². The van der Waals surface area contributed by atoms with Crippen molar-refractivity contribution in [1.82, 2.24) is 34.9 Å². The van der Waals surface area contributed by atoms with Crippen molar-refractivity contribution in [3.8, 4) is 0 Å². The summed E-state index contributed by atoms with van der Waals surface area (Å²) >= 11 is 0. The van der Waals surface area contributed by atoms with Crippen LogP contribution in [0.3, 0.4) is 0 Å². The van der Waals surface area contributed by atoms with E-state index in [0.29, 0.717) is 8.34 Å². The molecule has 4 saturated heterocycles. The smallest absolute Gasteiger partial charge is 0.196 e. The molecule has 9 heterocycles. The van der Waals surface area contributed by atoms with E-state index < -0.39 is 0 Å². The average Bonchev–Trinajstić information content (AvgIpc) is 3.96. The third-order valence-electron chi connectivity index (χ3n) is 10.1. The molecule has 0 spiro atoms. The molecule has 7 aliphatic rings. The summed E-state index contributed by atoms with van der Waals surface area (Å²) in [7, 11) is 15.1. The molecule has 0 aromatic carbocycles. The Morgan fingerprint density at radius 2 is 1.26 bits per heavy atom. The van der Waals surface area contributed by atoms with Gasteiger partial charge in [0.1, 0.15) is 0 Å². The maximum absolute atomic E-state index is 5.75. The SMILES string of the molecule is C1CCC2=NCCN2CC1.C1CN=C2NCCCN2C1.CN(C)c1ccncc1.CN1CCCN2CCCN=C12.PP.[2H][B].[2H][B][3H].[U].[Y].c1cc(N2CCCC2)ccn1. The normalized spacial score (nSPS) is 18.9. The summed E-state index contributed by atoms with van der Waals surface area (Å²) in [5, 5.41) is 3.30. The minimum atomic E-state index is 0. The molecule has 2 unspecified atom stereocenters. The van der Waals surface area contributed by atoms with Crippen molar-refractivity contribution < 1.29 is 63.8 Å². The maximum Gasteiger partial charge on any atom is 0.196 e. The topological polar surface area (TPSA) is 94.3 Å². The van der Waals surface area contributed by atoms with Gasteiger partial charge in [0.2, 0.25) is 0 Å². The van der Waals surface area contributed by atoms with Gasteiger partial charge in [-0.05, 0) is 79.6 Å². The monoisotopic (exact) mass is 1120 g/mol. The molecule has 0 amide bonds. The number of nitrogens with zero attached hydrogens (tertiary/aromatic N) is 11. The predicted molar refractivity (Wildman–Crippen MR) is 249 cm³/mol. The molecule has 9 rings (SSSR count). The molecule has 1 N–H and O–H groups in total. The number of nitrogens with one attached hydrogen (secondary N) is 1. The van der Waals surface area contributed by atoms with Crippen molar-refractivity contribution in [2.45, 2.75) is 64.2 Å². The van der Waals surface area contributed by atoms with Crippen LogP contribution in [0.4, 0.5) is 11.4 Å². The number of aliphatic imine (C=N–C) groups is 3. The molecule has 2 atom stereocenters. The van der Waals surface area contributed by atoms with Crippen LogP contribution in [0.1, 0.15) is 64.2 Å². The third kappa shape index (κ3) is 20.4. The fraction of sp³-hybridized carbons (Fsp3) is 0.667. The van der Waals surface area contributed by atoms with E-state index in [1.165, 1.54) is 146 Å². The van der Waals surface area contributed by atoms with Crippen molar-refractivity contribution in [2.75, 3.05) is 116 Å². The van der Waals surface area contributed by atoms with Crippen molar-refractivity contribution in [1.29, 1.82) is 4.01 Å². The van der Waals surface area contributed by atoms with E-state index in [1.807, 2.05) is 43.5 Å². The molecule has 2 aromatic heterocycles. The first-order chi connectivity index (χ1) is 28.5. The first kappa shape index (κ1) is 50.4. The van der Waals surface area contributed by atoms with Gasteiger partial charge in [-0.15, -0.1) is 17.9 Å². The van der Waals surface area contributed by atoms with Gasteiger partial charge in [0.25, 0.3) is 0 Å². The summed E-state index contributed by atoms with van der Waals surface area (Å²) < 4.78 is 16.8. The number of pyridine rings is 2. The van der Waals surface area contributed by atoms with Crippen LogP contribution in [-0.2, 0) is 32.7 Å². The largest absolute Gasteiger partial charge is 0.378 e. The van der Waals surface area contributed by atoms with Crippen LogP contribution < -0.4 is 15.1 Å². The molecule has 18 heteroatoms. The Labute approximate surface area is 407 Å². The fourth-order valence-electron chi connectivity index (χ4n) is 7.26. The summed E-state index contributed by atoms with van der Waals surface area (Å²) in [6.07, 6.45) is 20.3. The second-order valence-corrected chi connectivity index (χ2v) is 14.2. The van der Waals surface area contributed by atoms with Crippen LogP contribution in [0, 0.1) is 31.1 Å². The maximum atomic E-state index is 5.75. The Hall–Kier alpha value is -0.944. The summed E-state index contributed by atoms with van der Waals surface area (Å²) in [6, 6.07) is 8.09. The van der Waals surface area contributed by atoms with Gasteiger partial charge in [-0.25, -0.2) is 0 Å². The second-order valence-electron chi connectivity index (χ2n) is 14.2. The Bertz CT molecular complexity index is 1420. The van der Waals surface area contributed by atoms with Crippen molar-refractivity contribution in [3.63, 3.8) is 0 Å². The van der Waals surface area contributed by atoms with Gasteiger partial charge < -0.3 is 34.7 Å². The van der Waals surface area contributed by atoms with Crippen LogP contribution in [-0.4, -0.2) is 174 Å². The number of aromatic nitrogens is 2. The molecule has 12 nitrogen and oxygen atoms in total. The zero-order chi connectivity index (χ0) is 42.2. The Kier molecular flexibility index (Phi) is 29.8. The van der Waals surface area contributed by atoms with Gasteiger partial charge in [0, 0.05) is 214 Å². The third-order valence-corrected chi connectivity index (χ3v) is 10.1. The summed E-state index contributed by atoms with van der Waals surface area (Å²) in [4.78, 5) is 35.1. The summed E-state index contributed by atoms with van der Waals surface area (Å²) in [6.45, 7) is 15.1. The molecule has 4 radical (unpaired) electrons. The van der Waals surface area contributed by atoms with Crippen molar-refractivity contribution in [2.24, 2.45) is 15.0 Å². The first-order valence-corrected chi connectivity index (χ1v) is 22.6. The second kappa shape index (κ2) is 33.7. The number of guanidine groups is 2. The number of fused-ring (bicyclic) bond motifs is 3. The van der Waals surface area contributed by atoms with Crippen LogP contribution in [0.25, 0.3) is 0 Å². The van der Waals surface area contributed by atoms with Gasteiger partial charge in [-0.3, -0.25) is 24.9 Å². The quantitative estimate of drug-likeness (QED) is 0.358. The first-order valence-electron chi connectivity index (χ1n) is 21.7. The van der Waals surface area contributed by atoms with E-state index in [1.54, 1.807) is 12.4 Å². The van der Waals surface area contributed by atoms with Crippen LogP contribution >= 0.6 is 17.9 Å². The zero-order valence-electron chi connectivity index (χ0n) is 38.2. The number of anilines is 2. The van der Waals surface area contributed by atoms with E-state index in [-0.39, 0.29) is 63.8 Å². The molecule has 57 heavy (non-hydrogen) atoms. The molecular formula is C39H71B2N12P2UY. The molecule has 0 bridgehead atoms. The van der Waals surface area contributed by atoms with Crippen LogP contribution in [0.15, 0.2) is 64.0 Å². The minimum Gasteiger partial charge on any atom is -0.378 e. The fourth-order valence-corrected chi connectivity index (χ4v) is 7.26. The number of hydrogen-bond acceptors (Lipinski definition) is 12. The molecular weight excluding hydrogens is 1050 g/mol. The standard InChI is InChI=1S/C9H12N2.C8H15N3.C8H14N2.C7H13N3.C7H10N2.BH2.BH.H4P2.U.Y/c1-2-8-11(7-1)9-3-5-10-6-4-9;1-10-5-3-7-11-6-2-4-9-8(10)11;1-2-4-8-9-5-7-10(8)6-3-1;1-3-8-7-9-4-2-6-10(7)5-1;1-9(2)7-3-5-8-6-4-7;;;1-2;;/h3-6H,1-2,7-8H2;2-7H2,1H3;1-7H2;1-6H2,(H,8,9);3-6H,1-2H3;1H2;1H;1-2H2;;/i;;;;;1TD;1D;;;. The molecule has 0 aliphatic carbocycles. The van der Waals surface area contributed by atoms with Crippen LogP contribution in [0.2, 0.25) is 0 Å². The van der Waals surface area contributed by atoms with Crippen molar-refractivity contribution in [3.05, 3.63) is 49.1 Å². The van der Waals surface area contributed by atoms with Gasteiger partial charge >= 0.3 is 0 Å². The zero-order valence-corrected chi connectivity index (χ0v) is 44.5. The Morgan fingerprint density at radius 3 is 1.89 bits per heavy atom. The van der Waals surface area contributed by atoms with Gasteiger partial charge in [-0.2, -0.15) is 0 Å². The summed E-state index contributed by atoms with van der Waals surface area (Å²) in [5.41, 5.74) is 2.50. The van der Waals surface area contributed by atoms with E-state index in [2.05, 4.69) is 100 Å². The predicted octanol–water partition coefficient (Wildman–Crippen LogP) is 3.61. The van der Waals surface area contributed by atoms with Gasteiger partial charge in [0.05, 0.1) is 20.7 Å². The average molecular weight is 1120 g/mol. The van der Waals surface area contributed by atoms with Crippen LogP contribution in [0.5, 0.6) is 0 Å².